The third kappa shape index (κ3) is 7.05. The van der Waals surface area contributed by atoms with Crippen LogP contribution in [0, 0.1) is 6.92 Å². The number of imide groups is 1. The van der Waals surface area contributed by atoms with Gasteiger partial charge in [0, 0.05) is 82.1 Å². The molecule has 6 rings (SSSR count). The Bertz CT molecular complexity index is 1370. The fraction of sp³-hybridized carbons (Fsp3) is 0.500. The summed E-state index contributed by atoms with van der Waals surface area (Å²) in [4.78, 5) is 47.3. The Morgan fingerprint density at radius 3 is 2.38 bits per heavy atom. The van der Waals surface area contributed by atoms with Gasteiger partial charge in [0.15, 0.2) is 5.13 Å². The molecule has 11 nitrogen and oxygen atoms in total. The molecule has 2 aromatic heterocycles. The van der Waals surface area contributed by atoms with Crippen molar-refractivity contribution in [2.75, 3.05) is 80.6 Å². The number of benzene rings is 1. The number of nitrogens with zero attached hydrogens (tertiary/aromatic N) is 7. The van der Waals surface area contributed by atoms with Crippen molar-refractivity contribution in [3.8, 4) is 0 Å². The predicted octanol–water partition coefficient (Wildman–Crippen LogP) is 2.84. The minimum atomic E-state index is -0.237. The lowest BCUT2D eigenvalue weighted by Gasteiger charge is -2.38. The van der Waals surface area contributed by atoms with E-state index in [1.807, 2.05) is 30.5 Å². The number of carbonyl (C=O) groups is 2. The summed E-state index contributed by atoms with van der Waals surface area (Å²) in [7, 11) is 0. The summed E-state index contributed by atoms with van der Waals surface area (Å²) in [6.45, 7) is 12.2. The Labute approximate surface area is 250 Å². The number of amides is 2. The predicted molar refractivity (Wildman–Crippen MR) is 166 cm³/mol. The number of nitrogens with one attached hydrogen (secondary N) is 2. The van der Waals surface area contributed by atoms with Crippen molar-refractivity contribution < 1.29 is 9.59 Å². The maximum absolute atomic E-state index is 12.3. The maximum atomic E-state index is 12.3. The van der Waals surface area contributed by atoms with Gasteiger partial charge in [-0.25, -0.2) is 15.0 Å². The van der Waals surface area contributed by atoms with Crippen LogP contribution in [0.2, 0.25) is 0 Å². The molecular formula is C30H39N9O2S. The van der Waals surface area contributed by atoms with Crippen LogP contribution in [0.3, 0.4) is 0 Å². The smallest absolute Gasteiger partial charge is 0.234 e. The highest BCUT2D eigenvalue weighted by Gasteiger charge is 2.28. The van der Waals surface area contributed by atoms with Gasteiger partial charge in [0.1, 0.15) is 17.5 Å². The van der Waals surface area contributed by atoms with E-state index in [4.69, 9.17) is 4.98 Å². The lowest BCUT2D eigenvalue weighted by atomic mass is 9.90. The van der Waals surface area contributed by atoms with E-state index >= 15 is 0 Å². The van der Waals surface area contributed by atoms with Gasteiger partial charge >= 0.3 is 0 Å². The van der Waals surface area contributed by atoms with Crippen molar-refractivity contribution in [3.63, 3.8) is 0 Å². The first-order valence-corrected chi connectivity index (χ1v) is 15.8. The van der Waals surface area contributed by atoms with Crippen LogP contribution < -0.4 is 20.4 Å². The van der Waals surface area contributed by atoms with Crippen molar-refractivity contribution in [2.45, 2.75) is 32.1 Å². The Balaban J connectivity index is 0.919. The quantitative estimate of drug-likeness (QED) is 0.362. The van der Waals surface area contributed by atoms with Crippen molar-refractivity contribution in [3.05, 3.63) is 53.3 Å². The second kappa shape index (κ2) is 13.1. The SMILES string of the molecule is Cc1nc(Nc2nccs2)cc(N2CCN(CCCN3CCN(c4cccc(C5CCC(=O)NC5=O)c4)CC3)CC2)n1. The van der Waals surface area contributed by atoms with Crippen LogP contribution in [-0.2, 0) is 9.59 Å². The molecule has 0 saturated carbocycles. The average Bonchev–Trinajstić information content (AvgIpc) is 3.51. The van der Waals surface area contributed by atoms with Gasteiger partial charge in [-0.3, -0.25) is 24.7 Å². The number of anilines is 4. The first-order chi connectivity index (χ1) is 20.5. The maximum Gasteiger partial charge on any atom is 0.234 e. The van der Waals surface area contributed by atoms with E-state index in [1.165, 1.54) is 12.1 Å². The number of hydrogen-bond donors (Lipinski definition) is 2. The summed E-state index contributed by atoms with van der Waals surface area (Å²) in [6.07, 6.45) is 3.94. The van der Waals surface area contributed by atoms with Gasteiger partial charge in [0.05, 0.1) is 5.92 Å². The zero-order chi connectivity index (χ0) is 28.9. The fourth-order valence-corrected chi connectivity index (χ4v) is 6.61. The Morgan fingerprint density at radius 1 is 0.952 bits per heavy atom. The van der Waals surface area contributed by atoms with E-state index in [1.54, 1.807) is 17.5 Å². The molecule has 0 radical (unpaired) electrons. The van der Waals surface area contributed by atoms with Crippen LogP contribution in [0.1, 0.15) is 36.6 Å². The summed E-state index contributed by atoms with van der Waals surface area (Å²) in [5.41, 5.74) is 2.17. The van der Waals surface area contributed by atoms with E-state index in [2.05, 4.69) is 52.3 Å². The molecule has 1 aromatic carbocycles. The number of rotatable bonds is 9. The molecule has 2 N–H and O–H groups in total. The highest BCUT2D eigenvalue weighted by Crippen LogP contribution is 2.28. The third-order valence-electron chi connectivity index (χ3n) is 8.39. The molecule has 12 heteroatoms. The summed E-state index contributed by atoms with van der Waals surface area (Å²) in [6, 6.07) is 10.3. The molecule has 1 atom stereocenters. The average molecular weight is 590 g/mol. The molecule has 3 saturated heterocycles. The van der Waals surface area contributed by atoms with Crippen molar-refractivity contribution in [1.82, 2.24) is 30.1 Å². The molecule has 0 bridgehead atoms. The van der Waals surface area contributed by atoms with Crippen molar-refractivity contribution >= 4 is 45.6 Å². The summed E-state index contributed by atoms with van der Waals surface area (Å²) in [5, 5.41) is 8.56. The number of aromatic nitrogens is 3. The van der Waals surface area contributed by atoms with Crippen LogP contribution in [0.25, 0.3) is 0 Å². The van der Waals surface area contributed by atoms with E-state index in [-0.39, 0.29) is 17.7 Å². The van der Waals surface area contributed by atoms with Crippen LogP contribution in [0.15, 0.2) is 41.9 Å². The monoisotopic (exact) mass is 589 g/mol. The molecule has 3 aliphatic rings. The zero-order valence-electron chi connectivity index (χ0n) is 24.2. The molecule has 5 heterocycles. The molecule has 3 fully saturated rings. The molecule has 0 aliphatic carbocycles. The number of hydrogen-bond acceptors (Lipinski definition) is 11. The van der Waals surface area contributed by atoms with Crippen molar-refractivity contribution in [1.29, 1.82) is 0 Å². The van der Waals surface area contributed by atoms with Crippen LogP contribution in [0.5, 0.6) is 0 Å². The minimum Gasteiger partial charge on any atom is -0.369 e. The van der Waals surface area contributed by atoms with Crippen molar-refractivity contribution in [2.24, 2.45) is 0 Å². The van der Waals surface area contributed by atoms with Gasteiger partial charge in [-0.2, -0.15) is 0 Å². The van der Waals surface area contributed by atoms with Crippen LogP contribution in [-0.4, -0.2) is 102 Å². The molecule has 222 valence electrons. The fourth-order valence-electron chi connectivity index (χ4n) is 6.07. The number of thiazole rings is 1. The summed E-state index contributed by atoms with van der Waals surface area (Å²) in [5.74, 6) is 1.94. The van der Waals surface area contributed by atoms with E-state index in [0.717, 1.165) is 93.6 Å². The van der Waals surface area contributed by atoms with E-state index in [0.29, 0.717) is 12.8 Å². The first-order valence-electron chi connectivity index (χ1n) is 14.9. The van der Waals surface area contributed by atoms with Gasteiger partial charge in [-0.1, -0.05) is 12.1 Å². The Morgan fingerprint density at radius 2 is 1.69 bits per heavy atom. The van der Waals surface area contributed by atoms with Gasteiger partial charge in [0.25, 0.3) is 0 Å². The molecular weight excluding hydrogens is 550 g/mol. The zero-order valence-corrected chi connectivity index (χ0v) is 25.0. The molecule has 3 aromatic rings. The normalized spacial score (nSPS) is 20.5. The third-order valence-corrected chi connectivity index (χ3v) is 9.07. The minimum absolute atomic E-state index is 0.168. The Kier molecular flexibility index (Phi) is 8.92. The van der Waals surface area contributed by atoms with Gasteiger partial charge in [-0.15, -0.1) is 11.3 Å². The molecule has 42 heavy (non-hydrogen) atoms. The second-order valence-corrected chi connectivity index (χ2v) is 12.1. The lowest BCUT2D eigenvalue weighted by Crippen LogP contribution is -2.49. The molecule has 3 aliphatic heterocycles. The highest BCUT2D eigenvalue weighted by atomic mass is 32.1. The summed E-state index contributed by atoms with van der Waals surface area (Å²) < 4.78 is 0. The van der Waals surface area contributed by atoms with Gasteiger partial charge in [-0.05, 0) is 50.6 Å². The number of carbonyl (C=O) groups excluding carboxylic acids is 2. The van der Waals surface area contributed by atoms with E-state index < -0.39 is 0 Å². The van der Waals surface area contributed by atoms with Gasteiger partial charge in [0.2, 0.25) is 11.8 Å². The second-order valence-electron chi connectivity index (χ2n) is 11.2. The number of piperidine rings is 1. The highest BCUT2D eigenvalue weighted by molar-refractivity contribution is 7.13. The molecule has 2 amide bonds. The Hall–Kier alpha value is -3.61. The molecule has 1 unspecified atom stereocenters. The lowest BCUT2D eigenvalue weighted by molar-refractivity contribution is -0.134. The van der Waals surface area contributed by atoms with Crippen LogP contribution >= 0.6 is 11.3 Å². The molecule has 0 spiro atoms. The largest absolute Gasteiger partial charge is 0.369 e. The number of piperazine rings is 2. The van der Waals surface area contributed by atoms with E-state index in [9.17, 15) is 9.59 Å². The topological polar surface area (TPSA) is 110 Å². The van der Waals surface area contributed by atoms with Crippen LogP contribution in [0.4, 0.5) is 22.5 Å². The number of aryl methyl sites for hydroxylation is 1. The summed E-state index contributed by atoms with van der Waals surface area (Å²) >= 11 is 1.56. The standard InChI is InChI=1S/C30H39N9O2S/c1-22-32-26(34-30-31-8-19-42-30)21-27(33-22)39-17-13-37(14-18-39)10-3-9-36-11-15-38(16-12-36)24-5-2-4-23(20-24)25-6-7-28(40)35-29(25)41/h2,4-5,8,19-21,25H,3,6-7,9-18H2,1H3,(H,35,40,41)(H,31,32,33,34). The van der Waals surface area contributed by atoms with Gasteiger partial charge < -0.3 is 15.1 Å². The first kappa shape index (κ1) is 28.5.